The summed E-state index contributed by atoms with van der Waals surface area (Å²) in [6.07, 6.45) is 8.70. The molecule has 2 N–H and O–H groups in total. The first-order valence-electron chi connectivity index (χ1n) is 9.06. The highest BCUT2D eigenvalue weighted by Gasteiger charge is 2.48. The van der Waals surface area contributed by atoms with Gasteiger partial charge in [-0.2, -0.15) is 4.98 Å². The molecular weight excluding hydrogens is 304 g/mol. The molecular formula is C17H24N6O. The van der Waals surface area contributed by atoms with Gasteiger partial charge in [0, 0.05) is 32.2 Å². The summed E-state index contributed by atoms with van der Waals surface area (Å²) in [6, 6.07) is 0.747. The summed E-state index contributed by atoms with van der Waals surface area (Å²) in [5, 5.41) is 6.83. The van der Waals surface area contributed by atoms with Gasteiger partial charge in [0.2, 0.25) is 5.95 Å². The molecule has 0 bridgehead atoms. The molecule has 2 aromatic heterocycles. The van der Waals surface area contributed by atoms with Crippen LogP contribution in [0.4, 0.5) is 5.95 Å². The van der Waals surface area contributed by atoms with E-state index >= 15 is 0 Å². The van der Waals surface area contributed by atoms with Crippen molar-refractivity contribution in [3.05, 3.63) is 16.7 Å². The Morgan fingerprint density at radius 1 is 1.29 bits per heavy atom. The van der Waals surface area contributed by atoms with Gasteiger partial charge in [-0.1, -0.05) is 12.8 Å². The summed E-state index contributed by atoms with van der Waals surface area (Å²) >= 11 is 0. The number of nitrogens with zero attached hydrogens (tertiary/aromatic N) is 4. The van der Waals surface area contributed by atoms with Crippen LogP contribution in [0.1, 0.15) is 44.6 Å². The summed E-state index contributed by atoms with van der Waals surface area (Å²) in [6.45, 7) is 2.29. The average molecular weight is 328 g/mol. The van der Waals surface area contributed by atoms with Crippen molar-refractivity contribution in [1.29, 1.82) is 0 Å². The Morgan fingerprint density at radius 3 is 2.71 bits per heavy atom. The van der Waals surface area contributed by atoms with Crippen LogP contribution in [0.2, 0.25) is 0 Å². The highest BCUT2D eigenvalue weighted by Crippen LogP contribution is 2.45. The Bertz CT molecular complexity index is 835. The molecule has 2 aliphatic carbocycles. The van der Waals surface area contributed by atoms with Crippen LogP contribution in [-0.4, -0.2) is 38.2 Å². The molecule has 7 heteroatoms. The molecule has 0 unspecified atom stereocenters. The number of fused-ring (bicyclic) bond motifs is 1. The van der Waals surface area contributed by atoms with E-state index < -0.39 is 0 Å². The smallest absolute Gasteiger partial charge is 0.330 e. The summed E-state index contributed by atoms with van der Waals surface area (Å²) in [7, 11) is 1.81. The lowest BCUT2D eigenvalue weighted by atomic mass is 9.62. The Hall–Kier alpha value is -1.89. The van der Waals surface area contributed by atoms with E-state index in [0.29, 0.717) is 17.4 Å². The second-order valence-corrected chi connectivity index (χ2v) is 7.91. The lowest BCUT2D eigenvalue weighted by Crippen LogP contribution is -2.63. The molecule has 0 atom stereocenters. The first-order chi connectivity index (χ1) is 11.7. The van der Waals surface area contributed by atoms with Gasteiger partial charge in [-0.25, -0.2) is 9.78 Å². The summed E-state index contributed by atoms with van der Waals surface area (Å²) in [5.74, 6) is 0.659. The van der Waals surface area contributed by atoms with Crippen molar-refractivity contribution in [1.82, 2.24) is 24.4 Å². The minimum atomic E-state index is 0.0338. The monoisotopic (exact) mass is 328 g/mol. The second-order valence-electron chi connectivity index (χ2n) is 7.91. The minimum Gasteiger partial charge on any atom is -0.351 e. The molecule has 0 amide bonds. The van der Waals surface area contributed by atoms with Crippen molar-refractivity contribution in [2.45, 2.75) is 50.6 Å². The average Bonchev–Trinajstić information content (AvgIpc) is 3.09. The zero-order valence-electron chi connectivity index (χ0n) is 14.1. The number of hydrogen-bond acceptors (Lipinski definition) is 5. The van der Waals surface area contributed by atoms with Gasteiger partial charge < -0.3 is 10.6 Å². The predicted octanol–water partition coefficient (Wildman–Crippen LogP) is 1.41. The fraction of sp³-hybridized carbons (Fsp3) is 0.706. The molecule has 0 radical (unpaired) electrons. The molecule has 128 valence electrons. The van der Waals surface area contributed by atoms with Gasteiger partial charge in [-0.3, -0.25) is 9.13 Å². The standard InChI is InChI=1S/C17H24N6O/c1-22-13-8-19-15(20-11-6-17(7-11)9-18-10-17)21-14(13)23(16(22)24)12-4-2-3-5-12/h8,11-12,18H,2-7,9-10H2,1H3,(H,19,20,21). The van der Waals surface area contributed by atoms with Crippen LogP contribution in [0.15, 0.2) is 11.0 Å². The van der Waals surface area contributed by atoms with Gasteiger partial charge in [0.25, 0.3) is 0 Å². The zero-order valence-corrected chi connectivity index (χ0v) is 14.1. The lowest BCUT2D eigenvalue weighted by molar-refractivity contribution is 0.0468. The van der Waals surface area contributed by atoms with Gasteiger partial charge in [0.05, 0.1) is 6.20 Å². The van der Waals surface area contributed by atoms with Gasteiger partial charge >= 0.3 is 5.69 Å². The van der Waals surface area contributed by atoms with E-state index in [0.717, 1.165) is 37.1 Å². The molecule has 2 saturated carbocycles. The number of aromatic nitrogens is 4. The number of hydrogen-bond donors (Lipinski definition) is 2. The van der Waals surface area contributed by atoms with E-state index in [9.17, 15) is 4.79 Å². The van der Waals surface area contributed by atoms with Crippen molar-refractivity contribution in [3.8, 4) is 0 Å². The molecule has 7 nitrogen and oxygen atoms in total. The van der Waals surface area contributed by atoms with Crippen LogP contribution in [0.3, 0.4) is 0 Å². The van der Waals surface area contributed by atoms with Crippen molar-refractivity contribution in [2.24, 2.45) is 12.5 Å². The predicted molar refractivity (Wildman–Crippen MR) is 92.2 cm³/mol. The molecule has 2 aromatic rings. The number of rotatable bonds is 3. The summed E-state index contributed by atoms with van der Waals surface area (Å²) in [5.41, 5.74) is 2.17. The fourth-order valence-electron chi connectivity index (χ4n) is 4.73. The van der Waals surface area contributed by atoms with Crippen LogP contribution < -0.4 is 16.3 Å². The number of imidazole rings is 1. The van der Waals surface area contributed by atoms with E-state index in [-0.39, 0.29) is 11.7 Å². The number of anilines is 1. The highest BCUT2D eigenvalue weighted by molar-refractivity contribution is 5.72. The van der Waals surface area contributed by atoms with E-state index in [2.05, 4.69) is 15.6 Å². The van der Waals surface area contributed by atoms with Gasteiger partial charge in [0.1, 0.15) is 5.52 Å². The Balaban J connectivity index is 1.46. The maximum absolute atomic E-state index is 12.6. The Kier molecular flexibility index (Phi) is 3.04. The summed E-state index contributed by atoms with van der Waals surface area (Å²) in [4.78, 5) is 21.8. The SMILES string of the molecule is Cn1c(=O)n(C2CCCC2)c2nc(NC3CC4(CNC4)C3)ncc21. The van der Waals surface area contributed by atoms with Gasteiger partial charge in [-0.05, 0) is 31.1 Å². The molecule has 5 rings (SSSR count). The van der Waals surface area contributed by atoms with Crippen molar-refractivity contribution < 1.29 is 0 Å². The maximum atomic E-state index is 12.6. The molecule has 1 aliphatic heterocycles. The first-order valence-corrected chi connectivity index (χ1v) is 9.06. The first kappa shape index (κ1) is 14.5. The van der Waals surface area contributed by atoms with Crippen molar-refractivity contribution in [3.63, 3.8) is 0 Å². The minimum absolute atomic E-state index is 0.0338. The fourth-order valence-corrected chi connectivity index (χ4v) is 4.73. The maximum Gasteiger partial charge on any atom is 0.330 e. The largest absolute Gasteiger partial charge is 0.351 e. The van der Waals surface area contributed by atoms with Crippen LogP contribution in [0, 0.1) is 5.41 Å². The third kappa shape index (κ3) is 2.03. The van der Waals surface area contributed by atoms with Gasteiger partial charge in [-0.15, -0.1) is 0 Å². The van der Waals surface area contributed by atoms with Crippen LogP contribution in [0.25, 0.3) is 11.2 Å². The Morgan fingerprint density at radius 2 is 2.04 bits per heavy atom. The topological polar surface area (TPSA) is 76.8 Å². The molecule has 3 aliphatic rings. The molecule has 1 spiro atoms. The molecule has 1 saturated heterocycles. The lowest BCUT2D eigenvalue weighted by Gasteiger charge is -2.54. The van der Waals surface area contributed by atoms with E-state index in [1.165, 1.54) is 25.7 Å². The normalized spacial score (nSPS) is 23.5. The number of aryl methyl sites for hydroxylation is 1. The number of nitrogens with one attached hydrogen (secondary N) is 2. The van der Waals surface area contributed by atoms with Crippen LogP contribution >= 0.6 is 0 Å². The summed E-state index contributed by atoms with van der Waals surface area (Å²) < 4.78 is 3.57. The highest BCUT2D eigenvalue weighted by atomic mass is 16.1. The Labute approximate surface area is 140 Å². The molecule has 3 fully saturated rings. The van der Waals surface area contributed by atoms with Crippen molar-refractivity contribution in [2.75, 3.05) is 18.4 Å². The third-order valence-corrected chi connectivity index (χ3v) is 6.21. The van der Waals surface area contributed by atoms with E-state index in [1.54, 1.807) is 10.8 Å². The molecule has 24 heavy (non-hydrogen) atoms. The van der Waals surface area contributed by atoms with Crippen LogP contribution in [-0.2, 0) is 7.05 Å². The molecule has 0 aromatic carbocycles. The zero-order chi connectivity index (χ0) is 16.3. The van der Waals surface area contributed by atoms with Crippen LogP contribution in [0.5, 0.6) is 0 Å². The van der Waals surface area contributed by atoms with E-state index in [4.69, 9.17) is 4.98 Å². The second kappa shape index (κ2) is 5.05. The van der Waals surface area contributed by atoms with Gasteiger partial charge in [0.15, 0.2) is 5.65 Å². The third-order valence-electron chi connectivity index (χ3n) is 6.21. The molecule has 3 heterocycles. The quantitative estimate of drug-likeness (QED) is 0.891. The van der Waals surface area contributed by atoms with E-state index in [1.807, 2.05) is 11.6 Å². The van der Waals surface area contributed by atoms with Crippen molar-refractivity contribution >= 4 is 17.1 Å².